The van der Waals surface area contributed by atoms with E-state index < -0.39 is 66.3 Å². The SMILES string of the molecule is CSCCC(NC(=O)C(N)C(C)O)C(=O)NC(CC(N)=O)C(=O)NC(CCCN=C(N)N)C(=O)O. The van der Waals surface area contributed by atoms with Crippen LogP contribution in [0.3, 0.4) is 0 Å². The molecule has 0 saturated heterocycles. The van der Waals surface area contributed by atoms with Crippen LogP contribution >= 0.6 is 11.8 Å². The first-order valence-corrected chi connectivity index (χ1v) is 12.1. The monoisotopic (exact) mass is 520 g/mol. The van der Waals surface area contributed by atoms with Crippen molar-refractivity contribution >= 4 is 47.3 Å². The Bertz CT molecular complexity index is 776. The number of thioether (sulfide) groups is 1. The van der Waals surface area contributed by atoms with Crippen LogP contribution in [0.2, 0.25) is 0 Å². The zero-order valence-corrected chi connectivity index (χ0v) is 20.5. The van der Waals surface area contributed by atoms with Gasteiger partial charge in [-0.25, -0.2) is 4.79 Å². The molecule has 5 unspecified atom stereocenters. The zero-order valence-electron chi connectivity index (χ0n) is 19.7. The highest BCUT2D eigenvalue weighted by Gasteiger charge is 2.31. The molecule has 0 bridgehead atoms. The Labute approximate surface area is 207 Å². The lowest BCUT2D eigenvalue weighted by molar-refractivity contribution is -0.142. The van der Waals surface area contributed by atoms with Crippen LogP contribution in [0.15, 0.2) is 4.99 Å². The Morgan fingerprint density at radius 1 is 0.914 bits per heavy atom. The van der Waals surface area contributed by atoms with Crippen LogP contribution in [0, 0.1) is 0 Å². The van der Waals surface area contributed by atoms with Crippen LogP contribution < -0.4 is 38.9 Å². The minimum absolute atomic E-state index is 0.0290. The number of rotatable bonds is 17. The highest BCUT2D eigenvalue weighted by Crippen LogP contribution is 2.05. The van der Waals surface area contributed by atoms with Gasteiger partial charge in [0.1, 0.15) is 24.2 Å². The molecule has 4 amide bonds. The summed E-state index contributed by atoms with van der Waals surface area (Å²) in [5, 5.41) is 25.9. The topological polar surface area (TPSA) is 278 Å². The van der Waals surface area contributed by atoms with Gasteiger partial charge >= 0.3 is 5.97 Å². The fraction of sp³-hybridized carbons (Fsp3) is 0.684. The molecule has 0 heterocycles. The summed E-state index contributed by atoms with van der Waals surface area (Å²) < 4.78 is 0. The molecule has 35 heavy (non-hydrogen) atoms. The number of amides is 4. The molecule has 0 rings (SSSR count). The van der Waals surface area contributed by atoms with E-state index in [2.05, 4.69) is 20.9 Å². The van der Waals surface area contributed by atoms with Crippen molar-refractivity contribution in [2.24, 2.45) is 27.9 Å². The molecule has 0 fully saturated rings. The molecule has 0 radical (unpaired) electrons. The number of carbonyl (C=O) groups excluding carboxylic acids is 4. The van der Waals surface area contributed by atoms with Crippen LogP contribution in [0.5, 0.6) is 0 Å². The normalized spacial score (nSPS) is 15.0. The Morgan fingerprint density at radius 2 is 1.46 bits per heavy atom. The Balaban J connectivity index is 5.45. The molecule has 5 atom stereocenters. The molecule has 0 aromatic heterocycles. The number of hydrogen-bond donors (Lipinski definition) is 9. The number of nitrogens with zero attached hydrogens (tertiary/aromatic N) is 1. The van der Waals surface area contributed by atoms with E-state index in [1.54, 1.807) is 6.26 Å². The fourth-order valence-electron chi connectivity index (χ4n) is 2.71. The first-order chi connectivity index (χ1) is 16.3. The van der Waals surface area contributed by atoms with Crippen LogP contribution in [0.4, 0.5) is 0 Å². The quantitative estimate of drug-likeness (QED) is 0.0505. The molecule has 0 aromatic carbocycles. The number of aliphatic hydroxyl groups excluding tert-OH is 1. The van der Waals surface area contributed by atoms with Crippen molar-refractivity contribution in [3.63, 3.8) is 0 Å². The molecular weight excluding hydrogens is 484 g/mol. The van der Waals surface area contributed by atoms with Crippen molar-refractivity contribution in [1.29, 1.82) is 0 Å². The zero-order chi connectivity index (χ0) is 27.1. The largest absolute Gasteiger partial charge is 0.480 e. The van der Waals surface area contributed by atoms with Crippen molar-refractivity contribution < 1.29 is 34.2 Å². The smallest absolute Gasteiger partial charge is 0.326 e. The van der Waals surface area contributed by atoms with Crippen molar-refractivity contribution in [2.45, 2.75) is 62.9 Å². The highest BCUT2D eigenvalue weighted by molar-refractivity contribution is 7.98. The van der Waals surface area contributed by atoms with Gasteiger partial charge < -0.3 is 49.1 Å². The van der Waals surface area contributed by atoms with Gasteiger partial charge in [0.25, 0.3) is 0 Å². The summed E-state index contributed by atoms with van der Waals surface area (Å²) in [5.74, 6) is -4.54. The number of carbonyl (C=O) groups is 5. The van der Waals surface area contributed by atoms with E-state index in [1.807, 2.05) is 0 Å². The summed E-state index contributed by atoms with van der Waals surface area (Å²) in [6.45, 7) is 1.44. The predicted octanol–water partition coefficient (Wildman–Crippen LogP) is -4.08. The molecule has 0 aliphatic heterocycles. The lowest BCUT2D eigenvalue weighted by Crippen LogP contribution is -2.58. The minimum atomic E-state index is -1.50. The maximum Gasteiger partial charge on any atom is 0.326 e. The van der Waals surface area contributed by atoms with Gasteiger partial charge in [-0.1, -0.05) is 0 Å². The summed E-state index contributed by atoms with van der Waals surface area (Å²) >= 11 is 1.39. The average Bonchev–Trinajstić information content (AvgIpc) is 2.76. The molecule has 0 aliphatic rings. The highest BCUT2D eigenvalue weighted by atomic mass is 32.2. The summed E-state index contributed by atoms with van der Waals surface area (Å²) in [6, 6.07) is -5.28. The Hall–Kier alpha value is -3.11. The number of aliphatic hydroxyl groups is 1. The number of hydrogen-bond acceptors (Lipinski definition) is 9. The van der Waals surface area contributed by atoms with Gasteiger partial charge in [-0.3, -0.25) is 24.2 Å². The maximum absolute atomic E-state index is 12.8. The predicted molar refractivity (Wildman–Crippen MR) is 130 cm³/mol. The number of carboxylic acid groups (broad SMARTS) is 1. The summed E-state index contributed by atoms with van der Waals surface area (Å²) in [6.07, 6.45) is 0.341. The van der Waals surface area contributed by atoms with Crippen molar-refractivity contribution in [1.82, 2.24) is 16.0 Å². The molecule has 13 N–H and O–H groups in total. The van der Waals surface area contributed by atoms with E-state index in [0.717, 1.165) is 0 Å². The molecule has 0 aliphatic carbocycles. The van der Waals surface area contributed by atoms with Gasteiger partial charge in [0.2, 0.25) is 23.6 Å². The van der Waals surface area contributed by atoms with Crippen LogP contribution in [0.1, 0.15) is 32.6 Å². The maximum atomic E-state index is 12.8. The standard InChI is InChI=1S/C19H36N8O7S/c1-9(28)14(21)17(32)25-10(5-7-35-2)15(30)27-12(8-13(20)29)16(31)26-11(18(33)34)4-3-6-24-19(22)23/h9-12,14,28H,3-8,21H2,1-2H3,(H2,20,29)(H,25,32)(H,26,31)(H,27,30)(H,33,34)(H4,22,23,24). The number of nitrogens with one attached hydrogen (secondary N) is 3. The number of nitrogens with two attached hydrogens (primary N) is 4. The molecule has 16 heteroatoms. The summed E-state index contributed by atoms with van der Waals surface area (Å²) in [7, 11) is 0. The van der Waals surface area contributed by atoms with Crippen LogP contribution in [-0.2, 0) is 24.0 Å². The van der Waals surface area contributed by atoms with Crippen molar-refractivity contribution in [3.05, 3.63) is 0 Å². The van der Waals surface area contributed by atoms with Gasteiger partial charge in [0.15, 0.2) is 5.96 Å². The van der Waals surface area contributed by atoms with Gasteiger partial charge in [-0.05, 0) is 38.2 Å². The number of aliphatic imine (C=N–C) groups is 1. The second-order valence-corrected chi connectivity index (χ2v) is 8.67. The van der Waals surface area contributed by atoms with E-state index in [9.17, 15) is 34.2 Å². The molecule has 0 saturated carbocycles. The summed E-state index contributed by atoms with van der Waals surface area (Å²) in [5.41, 5.74) is 21.2. The number of carboxylic acids is 1. The van der Waals surface area contributed by atoms with Crippen molar-refractivity contribution in [3.8, 4) is 0 Å². The molecule has 200 valence electrons. The van der Waals surface area contributed by atoms with Gasteiger partial charge in [0.05, 0.1) is 12.5 Å². The van der Waals surface area contributed by atoms with Crippen LogP contribution in [-0.4, -0.2) is 94.6 Å². The third-order valence-corrected chi connectivity index (χ3v) is 5.31. The van der Waals surface area contributed by atoms with E-state index in [1.165, 1.54) is 18.7 Å². The van der Waals surface area contributed by atoms with Gasteiger partial charge in [-0.2, -0.15) is 11.8 Å². The third kappa shape index (κ3) is 13.4. The first kappa shape index (κ1) is 31.9. The molecular formula is C19H36N8O7S. The number of guanidine groups is 1. The second-order valence-electron chi connectivity index (χ2n) is 7.69. The molecule has 0 aromatic rings. The van der Waals surface area contributed by atoms with Gasteiger partial charge in [-0.15, -0.1) is 0 Å². The second kappa shape index (κ2) is 16.5. The first-order valence-electron chi connectivity index (χ1n) is 10.7. The third-order valence-electron chi connectivity index (χ3n) is 4.66. The van der Waals surface area contributed by atoms with Crippen molar-refractivity contribution in [2.75, 3.05) is 18.6 Å². The van der Waals surface area contributed by atoms with Crippen LogP contribution in [0.25, 0.3) is 0 Å². The van der Waals surface area contributed by atoms with E-state index in [0.29, 0.717) is 5.75 Å². The van der Waals surface area contributed by atoms with Gasteiger partial charge in [0, 0.05) is 6.54 Å². The van der Waals surface area contributed by atoms with E-state index >= 15 is 0 Å². The minimum Gasteiger partial charge on any atom is -0.480 e. The average molecular weight is 521 g/mol. The fourth-order valence-corrected chi connectivity index (χ4v) is 3.18. The lowest BCUT2D eigenvalue weighted by Gasteiger charge is -2.25. The number of aliphatic carboxylic acids is 1. The molecule has 0 spiro atoms. The van der Waals surface area contributed by atoms with E-state index in [-0.39, 0.29) is 31.8 Å². The van der Waals surface area contributed by atoms with E-state index in [4.69, 9.17) is 22.9 Å². The summed E-state index contributed by atoms with van der Waals surface area (Å²) in [4.78, 5) is 64.5. The Kier molecular flexibility index (Phi) is 15.0. The number of primary amides is 1. The lowest BCUT2D eigenvalue weighted by atomic mass is 10.1. The Morgan fingerprint density at radius 3 is 1.94 bits per heavy atom. The molecule has 15 nitrogen and oxygen atoms in total.